The molecule has 6 heteroatoms. The molecule has 24 heavy (non-hydrogen) atoms. The Labute approximate surface area is 143 Å². The van der Waals surface area contributed by atoms with Crippen LogP contribution in [-0.2, 0) is 17.8 Å². The maximum absolute atomic E-state index is 11.6. The number of rotatable bonds is 6. The van der Waals surface area contributed by atoms with Gasteiger partial charge in [-0.25, -0.2) is 0 Å². The number of carbonyl (C=O) groups excluding carboxylic acids is 1. The normalized spacial score (nSPS) is 16.5. The van der Waals surface area contributed by atoms with Crippen molar-refractivity contribution in [2.45, 2.75) is 52.5 Å². The number of fused-ring (bicyclic) bond motifs is 1. The molecule has 3 N–H and O–H groups in total. The van der Waals surface area contributed by atoms with Gasteiger partial charge in [0.25, 0.3) is 0 Å². The summed E-state index contributed by atoms with van der Waals surface area (Å²) in [4.78, 5) is 13.4. The Kier molecular flexibility index (Phi) is 6.07. The SMILES string of the molecule is COc1cc2c(cc1OC(N)C(O)CC(C)C)CCN(C(C)=O)C2. The van der Waals surface area contributed by atoms with Crippen molar-refractivity contribution >= 4 is 5.91 Å². The van der Waals surface area contributed by atoms with Crippen molar-refractivity contribution in [3.05, 3.63) is 23.3 Å². The van der Waals surface area contributed by atoms with E-state index >= 15 is 0 Å². The van der Waals surface area contributed by atoms with E-state index in [1.165, 1.54) is 0 Å². The number of ether oxygens (including phenoxy) is 2. The molecule has 0 saturated heterocycles. The van der Waals surface area contributed by atoms with E-state index in [2.05, 4.69) is 0 Å². The summed E-state index contributed by atoms with van der Waals surface area (Å²) in [5.41, 5.74) is 8.15. The molecule has 1 aromatic carbocycles. The van der Waals surface area contributed by atoms with Gasteiger partial charge in [-0.3, -0.25) is 10.5 Å². The van der Waals surface area contributed by atoms with Crippen molar-refractivity contribution < 1.29 is 19.4 Å². The molecule has 6 nitrogen and oxygen atoms in total. The number of nitrogens with zero attached hydrogens (tertiary/aromatic N) is 1. The van der Waals surface area contributed by atoms with Gasteiger partial charge in [0.15, 0.2) is 17.7 Å². The van der Waals surface area contributed by atoms with Crippen LogP contribution in [0.5, 0.6) is 11.5 Å². The lowest BCUT2D eigenvalue weighted by atomic mass is 9.98. The van der Waals surface area contributed by atoms with Crippen LogP contribution in [0, 0.1) is 5.92 Å². The van der Waals surface area contributed by atoms with Gasteiger partial charge in [0, 0.05) is 20.0 Å². The average Bonchev–Trinajstić information content (AvgIpc) is 2.52. The van der Waals surface area contributed by atoms with Crippen LogP contribution in [0.1, 0.15) is 38.3 Å². The molecule has 0 saturated carbocycles. The lowest BCUT2D eigenvalue weighted by Crippen LogP contribution is -2.40. The third kappa shape index (κ3) is 4.39. The van der Waals surface area contributed by atoms with Crippen LogP contribution in [0.15, 0.2) is 12.1 Å². The van der Waals surface area contributed by atoms with Crippen molar-refractivity contribution in [2.75, 3.05) is 13.7 Å². The number of nitrogens with two attached hydrogens (primary N) is 1. The Morgan fingerprint density at radius 2 is 2.00 bits per heavy atom. The van der Waals surface area contributed by atoms with E-state index in [0.717, 1.165) is 17.5 Å². The fourth-order valence-electron chi connectivity index (χ4n) is 2.93. The van der Waals surface area contributed by atoms with E-state index in [-0.39, 0.29) is 5.91 Å². The fraction of sp³-hybridized carbons (Fsp3) is 0.611. The van der Waals surface area contributed by atoms with Gasteiger partial charge in [-0.2, -0.15) is 0 Å². The fourth-order valence-corrected chi connectivity index (χ4v) is 2.93. The Morgan fingerprint density at radius 3 is 2.58 bits per heavy atom. The summed E-state index contributed by atoms with van der Waals surface area (Å²) in [6.07, 6.45) is -0.211. The number of aliphatic hydroxyl groups excluding tert-OH is 1. The van der Waals surface area contributed by atoms with Gasteiger partial charge in [0.05, 0.1) is 7.11 Å². The standard InChI is InChI=1S/C18H28N2O4/c1-11(2)7-15(22)18(19)24-17-8-13-5-6-20(12(3)21)10-14(13)9-16(17)23-4/h8-9,11,15,18,22H,5-7,10,19H2,1-4H3. The minimum Gasteiger partial charge on any atom is -0.493 e. The van der Waals surface area contributed by atoms with Crippen LogP contribution in [0.4, 0.5) is 0 Å². The lowest BCUT2D eigenvalue weighted by molar-refractivity contribution is -0.129. The molecule has 0 bridgehead atoms. The van der Waals surface area contributed by atoms with Gasteiger partial charge in [-0.15, -0.1) is 0 Å². The molecule has 2 rings (SSSR count). The third-order valence-electron chi connectivity index (χ3n) is 4.30. The van der Waals surface area contributed by atoms with E-state index in [0.29, 0.717) is 36.9 Å². The second kappa shape index (κ2) is 7.85. The molecule has 1 heterocycles. The molecular weight excluding hydrogens is 308 g/mol. The molecule has 0 radical (unpaired) electrons. The zero-order chi connectivity index (χ0) is 17.9. The largest absolute Gasteiger partial charge is 0.493 e. The van der Waals surface area contributed by atoms with E-state index in [1.54, 1.807) is 18.9 Å². The number of aliphatic hydroxyl groups is 1. The predicted octanol–water partition coefficient (Wildman–Crippen LogP) is 1.67. The van der Waals surface area contributed by atoms with E-state index in [4.69, 9.17) is 15.2 Å². The number of hydrogen-bond donors (Lipinski definition) is 2. The summed E-state index contributed by atoms with van der Waals surface area (Å²) in [5.74, 6) is 1.49. The second-order valence-corrected chi connectivity index (χ2v) is 6.74. The van der Waals surface area contributed by atoms with Gasteiger partial charge in [0.1, 0.15) is 6.10 Å². The third-order valence-corrected chi connectivity index (χ3v) is 4.30. The highest BCUT2D eigenvalue weighted by molar-refractivity contribution is 5.73. The first kappa shape index (κ1) is 18.5. The van der Waals surface area contributed by atoms with Crippen molar-refractivity contribution in [1.82, 2.24) is 4.90 Å². The number of carbonyl (C=O) groups is 1. The molecule has 0 aliphatic carbocycles. The smallest absolute Gasteiger partial charge is 0.219 e. The van der Waals surface area contributed by atoms with Gasteiger partial charge < -0.3 is 19.5 Å². The molecule has 2 atom stereocenters. The number of benzene rings is 1. The number of methoxy groups -OCH3 is 1. The highest BCUT2D eigenvalue weighted by atomic mass is 16.5. The first-order valence-electron chi connectivity index (χ1n) is 8.37. The summed E-state index contributed by atoms with van der Waals surface area (Å²) in [5, 5.41) is 10.1. The molecule has 0 aromatic heterocycles. The van der Waals surface area contributed by atoms with E-state index in [1.807, 2.05) is 26.0 Å². The van der Waals surface area contributed by atoms with Crippen LogP contribution in [0.2, 0.25) is 0 Å². The second-order valence-electron chi connectivity index (χ2n) is 6.74. The van der Waals surface area contributed by atoms with Gasteiger partial charge >= 0.3 is 0 Å². The lowest BCUT2D eigenvalue weighted by Gasteiger charge is -2.29. The molecule has 0 fully saturated rings. The minimum atomic E-state index is -0.809. The van der Waals surface area contributed by atoms with Crippen molar-refractivity contribution in [1.29, 1.82) is 0 Å². The average molecular weight is 336 g/mol. The highest BCUT2D eigenvalue weighted by Gasteiger charge is 2.23. The Bertz CT molecular complexity index is 589. The van der Waals surface area contributed by atoms with Crippen LogP contribution in [0.3, 0.4) is 0 Å². The Hall–Kier alpha value is -1.79. The monoisotopic (exact) mass is 336 g/mol. The van der Waals surface area contributed by atoms with Crippen molar-refractivity contribution in [3.63, 3.8) is 0 Å². The van der Waals surface area contributed by atoms with Crippen LogP contribution in [-0.4, -0.2) is 41.9 Å². The summed E-state index contributed by atoms with van der Waals surface area (Å²) in [7, 11) is 1.57. The summed E-state index contributed by atoms with van der Waals surface area (Å²) in [6.45, 7) is 6.89. The number of hydrogen-bond acceptors (Lipinski definition) is 5. The maximum Gasteiger partial charge on any atom is 0.219 e. The molecule has 1 amide bonds. The minimum absolute atomic E-state index is 0.0683. The maximum atomic E-state index is 11.6. The molecule has 0 spiro atoms. The molecule has 1 aromatic rings. The van der Waals surface area contributed by atoms with E-state index in [9.17, 15) is 9.90 Å². The quantitative estimate of drug-likeness (QED) is 0.772. The highest BCUT2D eigenvalue weighted by Crippen LogP contribution is 2.34. The first-order chi connectivity index (χ1) is 11.3. The molecular formula is C18H28N2O4. The molecule has 2 unspecified atom stereocenters. The Morgan fingerprint density at radius 1 is 1.33 bits per heavy atom. The predicted molar refractivity (Wildman–Crippen MR) is 91.9 cm³/mol. The van der Waals surface area contributed by atoms with Crippen molar-refractivity contribution in [3.8, 4) is 11.5 Å². The summed E-state index contributed by atoms with van der Waals surface area (Å²) in [6, 6.07) is 3.80. The number of amides is 1. The van der Waals surface area contributed by atoms with Gasteiger partial charge in [-0.1, -0.05) is 13.8 Å². The van der Waals surface area contributed by atoms with Crippen LogP contribution < -0.4 is 15.2 Å². The molecule has 1 aliphatic heterocycles. The summed E-state index contributed by atoms with van der Waals surface area (Å²) >= 11 is 0. The van der Waals surface area contributed by atoms with Crippen LogP contribution >= 0.6 is 0 Å². The zero-order valence-corrected chi connectivity index (χ0v) is 14.9. The van der Waals surface area contributed by atoms with Gasteiger partial charge in [0.2, 0.25) is 5.91 Å². The van der Waals surface area contributed by atoms with Gasteiger partial charge in [-0.05, 0) is 42.0 Å². The van der Waals surface area contributed by atoms with Crippen LogP contribution in [0.25, 0.3) is 0 Å². The zero-order valence-electron chi connectivity index (χ0n) is 14.9. The topological polar surface area (TPSA) is 85.0 Å². The molecule has 134 valence electrons. The van der Waals surface area contributed by atoms with E-state index < -0.39 is 12.3 Å². The van der Waals surface area contributed by atoms with Crippen molar-refractivity contribution in [2.24, 2.45) is 11.7 Å². The first-order valence-corrected chi connectivity index (χ1v) is 8.37. The summed E-state index contributed by atoms with van der Waals surface area (Å²) < 4.78 is 11.2. The molecule has 1 aliphatic rings. The Balaban J connectivity index is 2.18.